The minimum absolute atomic E-state index is 0.0634. The molecule has 2 N–H and O–H groups in total. The number of nitrogens with zero attached hydrogens (tertiary/aromatic N) is 5. The van der Waals surface area contributed by atoms with Gasteiger partial charge in [-0.25, -0.2) is 0 Å². The van der Waals surface area contributed by atoms with Crippen LogP contribution in [0.3, 0.4) is 0 Å². The van der Waals surface area contributed by atoms with E-state index in [1.165, 1.54) is 4.68 Å². The Morgan fingerprint density at radius 1 is 1.12 bits per heavy atom. The van der Waals surface area contributed by atoms with Crippen LogP contribution in [-0.4, -0.2) is 31.6 Å². The van der Waals surface area contributed by atoms with Crippen LogP contribution in [-0.2, 0) is 24.8 Å². The molecule has 0 saturated heterocycles. The number of hydrogen-bond donors (Lipinski definition) is 1. The Bertz CT molecular complexity index is 1280. The zero-order valence-corrected chi connectivity index (χ0v) is 18.0. The molecular formula is C24H24N6O2. The van der Waals surface area contributed by atoms with Crippen molar-refractivity contribution in [2.45, 2.75) is 26.3 Å². The van der Waals surface area contributed by atoms with Gasteiger partial charge in [-0.1, -0.05) is 24.3 Å². The predicted molar refractivity (Wildman–Crippen MR) is 122 cm³/mol. The molecule has 3 heterocycles. The van der Waals surface area contributed by atoms with E-state index in [4.69, 9.17) is 5.73 Å². The molecule has 0 aliphatic rings. The van der Waals surface area contributed by atoms with Crippen molar-refractivity contribution in [3.63, 3.8) is 0 Å². The first kappa shape index (κ1) is 21.2. The molecule has 0 spiro atoms. The monoisotopic (exact) mass is 428 g/mol. The first-order chi connectivity index (χ1) is 15.4. The van der Waals surface area contributed by atoms with Gasteiger partial charge in [-0.05, 0) is 43.2 Å². The lowest BCUT2D eigenvalue weighted by Gasteiger charge is -2.22. The Morgan fingerprint density at radius 3 is 2.69 bits per heavy atom. The molecule has 8 heteroatoms. The minimum Gasteiger partial charge on any atom is -0.364 e. The number of aromatic nitrogens is 4. The zero-order valence-electron chi connectivity index (χ0n) is 18.0. The second kappa shape index (κ2) is 8.97. The maximum Gasteiger partial charge on any atom is 0.271 e. The number of hydrogen-bond acceptors (Lipinski definition) is 5. The quantitative estimate of drug-likeness (QED) is 0.487. The lowest BCUT2D eigenvalue weighted by Crippen LogP contribution is -2.32. The van der Waals surface area contributed by atoms with Crippen LogP contribution >= 0.6 is 0 Å². The second-order valence-corrected chi connectivity index (χ2v) is 7.68. The molecular weight excluding hydrogens is 404 g/mol. The molecule has 0 unspecified atom stereocenters. The summed E-state index contributed by atoms with van der Waals surface area (Å²) in [5.41, 5.74) is 9.48. The number of carbonyl (C=O) groups is 2. The minimum atomic E-state index is -0.682. The van der Waals surface area contributed by atoms with Crippen molar-refractivity contribution in [2.24, 2.45) is 12.8 Å². The van der Waals surface area contributed by atoms with Crippen LogP contribution < -0.4 is 10.6 Å². The van der Waals surface area contributed by atoms with Crippen LogP contribution in [0.5, 0.6) is 0 Å². The normalized spacial score (nSPS) is 10.9. The summed E-state index contributed by atoms with van der Waals surface area (Å²) in [6.45, 7) is 2.20. The number of anilines is 1. The number of fused-ring (bicyclic) bond motifs is 1. The first-order valence-electron chi connectivity index (χ1n) is 10.3. The third-order valence-corrected chi connectivity index (χ3v) is 5.19. The van der Waals surface area contributed by atoms with Gasteiger partial charge in [0.05, 0.1) is 17.7 Å². The van der Waals surface area contributed by atoms with E-state index in [-0.39, 0.29) is 24.6 Å². The Morgan fingerprint density at radius 2 is 1.94 bits per heavy atom. The van der Waals surface area contributed by atoms with Gasteiger partial charge in [0.2, 0.25) is 5.91 Å². The highest BCUT2D eigenvalue weighted by Crippen LogP contribution is 2.24. The maximum absolute atomic E-state index is 13.3. The molecule has 3 aromatic heterocycles. The lowest BCUT2D eigenvalue weighted by atomic mass is 10.1. The van der Waals surface area contributed by atoms with E-state index in [9.17, 15) is 9.59 Å². The summed E-state index contributed by atoms with van der Waals surface area (Å²) in [6.07, 6.45) is 4.06. The molecule has 32 heavy (non-hydrogen) atoms. The molecule has 0 bridgehead atoms. The molecule has 162 valence electrons. The Kier molecular flexibility index (Phi) is 5.93. The van der Waals surface area contributed by atoms with Crippen molar-refractivity contribution < 1.29 is 9.59 Å². The molecule has 0 aliphatic carbocycles. The number of amides is 2. The van der Waals surface area contributed by atoms with Gasteiger partial charge in [-0.3, -0.25) is 24.2 Å². The Balaban J connectivity index is 1.67. The SMILES string of the molecule is Cc1ccc2ccc(CN(C(=O)CCc3ccccn3)c3cn(C)nc3C(N)=O)cc2n1. The van der Waals surface area contributed by atoms with Gasteiger partial charge in [0.25, 0.3) is 5.91 Å². The van der Waals surface area contributed by atoms with Gasteiger partial charge in [-0.2, -0.15) is 5.10 Å². The summed E-state index contributed by atoms with van der Waals surface area (Å²) >= 11 is 0. The molecule has 0 aliphatic heterocycles. The number of primary amides is 1. The van der Waals surface area contributed by atoms with Gasteiger partial charge in [0.1, 0.15) is 0 Å². The molecule has 4 rings (SSSR count). The highest BCUT2D eigenvalue weighted by molar-refractivity contribution is 6.02. The smallest absolute Gasteiger partial charge is 0.271 e. The number of nitrogens with two attached hydrogens (primary N) is 1. The standard InChI is InChI=1S/C24H24N6O2/c1-16-6-8-18-9-7-17(13-20(18)27-16)14-30(21-15-29(2)28-23(21)24(25)32)22(31)11-10-19-5-3-4-12-26-19/h3-9,12-13,15H,10-11,14H2,1-2H3,(H2,25,32). The van der Waals surface area contributed by atoms with Crippen LogP contribution in [0.25, 0.3) is 10.9 Å². The van der Waals surface area contributed by atoms with Gasteiger partial charge in [0.15, 0.2) is 5.69 Å². The molecule has 0 radical (unpaired) electrons. The van der Waals surface area contributed by atoms with Crippen LogP contribution in [0.15, 0.2) is 60.9 Å². The van der Waals surface area contributed by atoms with Crippen molar-refractivity contribution in [2.75, 3.05) is 4.90 Å². The fourth-order valence-corrected chi connectivity index (χ4v) is 3.62. The van der Waals surface area contributed by atoms with Crippen molar-refractivity contribution in [3.05, 3.63) is 83.6 Å². The fraction of sp³-hybridized carbons (Fsp3) is 0.208. The van der Waals surface area contributed by atoms with Crippen molar-refractivity contribution >= 4 is 28.4 Å². The van der Waals surface area contributed by atoms with Gasteiger partial charge in [-0.15, -0.1) is 0 Å². The summed E-state index contributed by atoms with van der Waals surface area (Å²) in [5, 5.41) is 5.18. The number of rotatable bonds is 7. The molecule has 8 nitrogen and oxygen atoms in total. The number of pyridine rings is 2. The largest absolute Gasteiger partial charge is 0.364 e. The van der Waals surface area contributed by atoms with Gasteiger partial charge in [0, 0.05) is 42.6 Å². The average Bonchev–Trinajstić information content (AvgIpc) is 3.18. The van der Waals surface area contributed by atoms with Crippen molar-refractivity contribution in [1.29, 1.82) is 0 Å². The van der Waals surface area contributed by atoms with Crippen molar-refractivity contribution in [3.8, 4) is 0 Å². The molecule has 0 saturated carbocycles. The zero-order chi connectivity index (χ0) is 22.7. The van der Waals surface area contributed by atoms with Gasteiger partial charge < -0.3 is 10.6 Å². The summed E-state index contributed by atoms with van der Waals surface area (Å²) in [5.74, 6) is -0.831. The van der Waals surface area contributed by atoms with E-state index in [0.717, 1.165) is 27.9 Å². The summed E-state index contributed by atoms with van der Waals surface area (Å²) in [7, 11) is 1.69. The second-order valence-electron chi connectivity index (χ2n) is 7.68. The van der Waals surface area contributed by atoms with E-state index in [0.29, 0.717) is 12.1 Å². The lowest BCUT2D eigenvalue weighted by molar-refractivity contribution is -0.118. The van der Waals surface area contributed by atoms with E-state index >= 15 is 0 Å². The van der Waals surface area contributed by atoms with Crippen LogP contribution in [0.4, 0.5) is 5.69 Å². The summed E-state index contributed by atoms with van der Waals surface area (Å²) in [6, 6.07) is 15.5. The average molecular weight is 428 g/mol. The number of carbonyl (C=O) groups excluding carboxylic acids is 2. The molecule has 0 fully saturated rings. The van der Waals surface area contributed by atoms with E-state index in [2.05, 4.69) is 15.1 Å². The molecule has 1 aromatic carbocycles. The predicted octanol–water partition coefficient (Wildman–Crippen LogP) is 2.94. The molecule has 0 atom stereocenters. The Hall–Kier alpha value is -4.07. The van der Waals surface area contributed by atoms with Crippen LogP contribution in [0.1, 0.15) is 33.9 Å². The Labute approximate surface area is 185 Å². The fourth-order valence-electron chi connectivity index (χ4n) is 3.62. The number of benzene rings is 1. The molecule has 2 amide bonds. The van der Waals surface area contributed by atoms with E-state index < -0.39 is 5.91 Å². The summed E-state index contributed by atoms with van der Waals surface area (Å²) < 4.78 is 1.49. The summed E-state index contributed by atoms with van der Waals surface area (Å²) in [4.78, 5) is 35.7. The maximum atomic E-state index is 13.3. The third kappa shape index (κ3) is 4.64. The van der Waals surface area contributed by atoms with E-state index in [1.54, 1.807) is 24.3 Å². The van der Waals surface area contributed by atoms with Crippen LogP contribution in [0, 0.1) is 6.92 Å². The van der Waals surface area contributed by atoms with Crippen molar-refractivity contribution in [1.82, 2.24) is 19.7 Å². The van der Waals surface area contributed by atoms with E-state index in [1.807, 2.05) is 55.5 Å². The van der Waals surface area contributed by atoms with Gasteiger partial charge >= 0.3 is 0 Å². The third-order valence-electron chi connectivity index (χ3n) is 5.19. The number of aryl methyl sites for hydroxylation is 3. The topological polar surface area (TPSA) is 107 Å². The molecule has 4 aromatic rings. The first-order valence-corrected chi connectivity index (χ1v) is 10.3. The highest BCUT2D eigenvalue weighted by atomic mass is 16.2. The van der Waals surface area contributed by atoms with Crippen LogP contribution in [0.2, 0.25) is 0 Å². The highest BCUT2D eigenvalue weighted by Gasteiger charge is 2.24.